The van der Waals surface area contributed by atoms with Gasteiger partial charge in [-0.05, 0) is 50.1 Å². The highest BCUT2D eigenvalue weighted by Gasteiger charge is 2.27. The molecule has 0 unspecified atom stereocenters. The molecule has 3 heterocycles. The Morgan fingerprint density at radius 3 is 3.12 bits per heavy atom. The third-order valence-electron chi connectivity index (χ3n) is 4.76. The van der Waals surface area contributed by atoms with Crippen molar-refractivity contribution in [3.8, 4) is 0 Å². The van der Waals surface area contributed by atoms with Crippen LogP contribution in [-0.4, -0.2) is 29.0 Å². The number of piperidine rings is 1. The van der Waals surface area contributed by atoms with Gasteiger partial charge >= 0.3 is 0 Å². The predicted molar refractivity (Wildman–Crippen MR) is 104 cm³/mol. The number of rotatable bonds is 4. The third kappa shape index (κ3) is 3.62. The highest BCUT2D eigenvalue weighted by molar-refractivity contribution is 9.10. The lowest BCUT2D eigenvalue weighted by Gasteiger charge is -2.31. The minimum absolute atomic E-state index is 0.0419. The SMILES string of the molecule is Cc1ccc(CNC(=O)[C@@H]2CCCN(c3nc4ccc(Br)cc4[nH]3)C2)o1. The molecule has 3 aromatic rings. The molecule has 6 nitrogen and oxygen atoms in total. The number of hydrogen-bond donors (Lipinski definition) is 2. The lowest BCUT2D eigenvalue weighted by molar-refractivity contribution is -0.125. The number of aromatic amines is 1. The van der Waals surface area contributed by atoms with Crippen molar-refractivity contribution in [3.63, 3.8) is 0 Å². The van der Waals surface area contributed by atoms with E-state index in [2.05, 4.69) is 36.1 Å². The van der Waals surface area contributed by atoms with Crippen molar-refractivity contribution in [2.24, 2.45) is 5.92 Å². The molecule has 7 heteroatoms. The number of nitrogens with zero attached hydrogens (tertiary/aromatic N) is 2. The van der Waals surface area contributed by atoms with Gasteiger partial charge in [-0.15, -0.1) is 0 Å². The molecule has 2 N–H and O–H groups in total. The largest absolute Gasteiger partial charge is 0.465 e. The number of amides is 1. The number of fused-ring (bicyclic) bond motifs is 1. The van der Waals surface area contributed by atoms with E-state index in [0.29, 0.717) is 13.1 Å². The molecule has 2 aromatic heterocycles. The van der Waals surface area contributed by atoms with E-state index in [0.717, 1.165) is 52.4 Å². The van der Waals surface area contributed by atoms with E-state index >= 15 is 0 Å². The Labute approximate surface area is 160 Å². The first kappa shape index (κ1) is 17.1. The topological polar surface area (TPSA) is 74.2 Å². The molecular formula is C19H21BrN4O2. The van der Waals surface area contributed by atoms with Gasteiger partial charge in [0.15, 0.2) is 0 Å². The van der Waals surface area contributed by atoms with Crippen LogP contribution in [0.4, 0.5) is 5.95 Å². The number of H-pyrrole nitrogens is 1. The number of aromatic nitrogens is 2. The number of carbonyl (C=O) groups excluding carboxylic acids is 1. The van der Waals surface area contributed by atoms with Crippen molar-refractivity contribution in [1.82, 2.24) is 15.3 Å². The van der Waals surface area contributed by atoms with Crippen molar-refractivity contribution >= 4 is 38.8 Å². The summed E-state index contributed by atoms with van der Waals surface area (Å²) in [5, 5.41) is 2.99. The quantitative estimate of drug-likeness (QED) is 0.678. The molecule has 26 heavy (non-hydrogen) atoms. The van der Waals surface area contributed by atoms with E-state index < -0.39 is 0 Å². The van der Waals surface area contributed by atoms with Gasteiger partial charge in [0, 0.05) is 17.6 Å². The molecule has 1 atom stereocenters. The van der Waals surface area contributed by atoms with E-state index in [9.17, 15) is 4.79 Å². The standard InChI is InChI=1S/C19H21BrN4O2/c1-12-4-6-15(26-12)10-21-18(25)13-3-2-8-24(11-13)19-22-16-7-5-14(20)9-17(16)23-19/h4-7,9,13H,2-3,8,10-11H2,1H3,(H,21,25)(H,22,23)/t13-/m1/s1. The smallest absolute Gasteiger partial charge is 0.225 e. The highest BCUT2D eigenvalue weighted by Crippen LogP contribution is 2.25. The van der Waals surface area contributed by atoms with Crippen molar-refractivity contribution in [1.29, 1.82) is 0 Å². The van der Waals surface area contributed by atoms with Crippen LogP contribution in [-0.2, 0) is 11.3 Å². The molecular weight excluding hydrogens is 396 g/mol. The maximum absolute atomic E-state index is 12.6. The Morgan fingerprint density at radius 1 is 1.42 bits per heavy atom. The van der Waals surface area contributed by atoms with Crippen LogP contribution in [0.1, 0.15) is 24.4 Å². The van der Waals surface area contributed by atoms with Crippen molar-refractivity contribution in [2.45, 2.75) is 26.3 Å². The Kier molecular flexibility index (Phi) is 4.72. The van der Waals surface area contributed by atoms with Gasteiger partial charge < -0.3 is 19.6 Å². The summed E-state index contributed by atoms with van der Waals surface area (Å²) in [6, 6.07) is 9.79. The van der Waals surface area contributed by atoms with Gasteiger partial charge in [-0.25, -0.2) is 4.98 Å². The molecule has 1 fully saturated rings. The number of aryl methyl sites for hydroxylation is 1. The highest BCUT2D eigenvalue weighted by atomic mass is 79.9. The van der Waals surface area contributed by atoms with Gasteiger partial charge in [0.2, 0.25) is 11.9 Å². The lowest BCUT2D eigenvalue weighted by atomic mass is 9.97. The molecule has 0 bridgehead atoms. The molecule has 1 aliphatic rings. The zero-order chi connectivity index (χ0) is 18.1. The minimum atomic E-state index is -0.0419. The van der Waals surface area contributed by atoms with Crippen LogP contribution in [0.5, 0.6) is 0 Å². The zero-order valence-corrected chi connectivity index (χ0v) is 16.2. The van der Waals surface area contributed by atoms with Gasteiger partial charge in [0.1, 0.15) is 11.5 Å². The zero-order valence-electron chi connectivity index (χ0n) is 14.6. The first-order chi connectivity index (χ1) is 12.6. The number of hydrogen-bond acceptors (Lipinski definition) is 4. The number of benzene rings is 1. The maximum Gasteiger partial charge on any atom is 0.225 e. The molecule has 1 aliphatic heterocycles. The van der Waals surface area contributed by atoms with Gasteiger partial charge in [0.25, 0.3) is 0 Å². The third-order valence-corrected chi connectivity index (χ3v) is 5.25. The second-order valence-corrected chi connectivity index (χ2v) is 7.65. The van der Waals surface area contributed by atoms with E-state index in [1.54, 1.807) is 0 Å². The van der Waals surface area contributed by atoms with Crippen LogP contribution in [0.2, 0.25) is 0 Å². The summed E-state index contributed by atoms with van der Waals surface area (Å²) in [4.78, 5) is 22.8. The Hall–Kier alpha value is -2.28. The van der Waals surface area contributed by atoms with Gasteiger partial charge in [-0.1, -0.05) is 15.9 Å². The van der Waals surface area contributed by atoms with Gasteiger partial charge in [-0.3, -0.25) is 4.79 Å². The number of furan rings is 1. The number of carbonyl (C=O) groups is 1. The van der Waals surface area contributed by atoms with E-state index in [1.807, 2.05) is 37.3 Å². The first-order valence-electron chi connectivity index (χ1n) is 8.82. The number of nitrogens with one attached hydrogen (secondary N) is 2. The number of imidazole rings is 1. The van der Waals surface area contributed by atoms with Crippen LogP contribution in [0.25, 0.3) is 11.0 Å². The summed E-state index contributed by atoms with van der Waals surface area (Å²) in [5.74, 6) is 2.50. The number of halogens is 1. The minimum Gasteiger partial charge on any atom is -0.465 e. The maximum atomic E-state index is 12.6. The molecule has 4 rings (SSSR count). The fraction of sp³-hybridized carbons (Fsp3) is 0.368. The van der Waals surface area contributed by atoms with Crippen LogP contribution < -0.4 is 10.2 Å². The fourth-order valence-corrected chi connectivity index (χ4v) is 3.76. The van der Waals surface area contributed by atoms with Crippen molar-refractivity contribution < 1.29 is 9.21 Å². The molecule has 0 aliphatic carbocycles. The molecule has 0 saturated carbocycles. The molecule has 0 radical (unpaired) electrons. The van der Waals surface area contributed by atoms with Crippen LogP contribution in [0.3, 0.4) is 0 Å². The molecule has 1 aromatic carbocycles. The van der Waals surface area contributed by atoms with Crippen LogP contribution in [0.15, 0.2) is 39.2 Å². The molecule has 1 amide bonds. The van der Waals surface area contributed by atoms with Crippen molar-refractivity contribution in [2.75, 3.05) is 18.0 Å². The molecule has 1 saturated heterocycles. The number of anilines is 1. The summed E-state index contributed by atoms with van der Waals surface area (Å²) in [7, 11) is 0. The molecule has 136 valence electrons. The van der Waals surface area contributed by atoms with Gasteiger partial charge in [-0.2, -0.15) is 0 Å². The second-order valence-electron chi connectivity index (χ2n) is 6.74. The molecule has 0 spiro atoms. The summed E-state index contributed by atoms with van der Waals surface area (Å²) in [6.45, 7) is 3.91. The summed E-state index contributed by atoms with van der Waals surface area (Å²) < 4.78 is 6.53. The van der Waals surface area contributed by atoms with Gasteiger partial charge in [0.05, 0.1) is 23.5 Å². The van der Waals surface area contributed by atoms with Crippen molar-refractivity contribution in [3.05, 3.63) is 46.3 Å². The Balaban J connectivity index is 1.41. The first-order valence-corrected chi connectivity index (χ1v) is 9.61. The average Bonchev–Trinajstić information content (AvgIpc) is 3.25. The Bertz CT molecular complexity index is 933. The van der Waals surface area contributed by atoms with Crippen LogP contribution >= 0.6 is 15.9 Å². The van der Waals surface area contributed by atoms with Crippen LogP contribution in [0, 0.1) is 12.8 Å². The predicted octanol–water partition coefficient (Wildman–Crippen LogP) is 3.76. The Morgan fingerprint density at radius 2 is 2.31 bits per heavy atom. The summed E-state index contributed by atoms with van der Waals surface area (Å²) in [5.41, 5.74) is 1.93. The summed E-state index contributed by atoms with van der Waals surface area (Å²) in [6.07, 6.45) is 1.87. The summed E-state index contributed by atoms with van der Waals surface area (Å²) >= 11 is 3.48. The average molecular weight is 417 g/mol. The fourth-order valence-electron chi connectivity index (χ4n) is 3.40. The van der Waals surface area contributed by atoms with E-state index in [1.165, 1.54) is 0 Å². The lowest BCUT2D eigenvalue weighted by Crippen LogP contribution is -2.43. The van der Waals surface area contributed by atoms with E-state index in [4.69, 9.17) is 4.42 Å². The normalized spacial score (nSPS) is 17.6. The monoisotopic (exact) mass is 416 g/mol. The second kappa shape index (κ2) is 7.15. The van der Waals surface area contributed by atoms with E-state index in [-0.39, 0.29) is 11.8 Å².